The van der Waals surface area contributed by atoms with Crippen LogP contribution in [0.4, 0.5) is 5.95 Å². The van der Waals surface area contributed by atoms with E-state index in [9.17, 15) is 5.11 Å². The Hall–Kier alpha value is -1.67. The van der Waals surface area contributed by atoms with Crippen LogP contribution in [0.15, 0.2) is 12.3 Å². The summed E-state index contributed by atoms with van der Waals surface area (Å²) in [4.78, 5) is 10.4. The van der Waals surface area contributed by atoms with Crippen LogP contribution in [0.2, 0.25) is 0 Å². The molecule has 0 saturated carbocycles. The molecule has 2 heterocycles. The predicted octanol–water partition coefficient (Wildman–Crippen LogP) is 1.09. The van der Waals surface area contributed by atoms with Crippen molar-refractivity contribution in [2.45, 2.75) is 31.8 Å². The molecule has 17 heavy (non-hydrogen) atoms. The Morgan fingerprint density at radius 1 is 1.47 bits per heavy atom. The van der Waals surface area contributed by atoms with Gasteiger partial charge in [-0.05, 0) is 32.3 Å². The standard InChI is InChI=1S/C12H16N4O/c1-12(17)4-2-7-16(8-5-12)11-14-6-3-10(9-13)15-11/h3,6,17H,2,4-5,7-8H2,1H3. The summed E-state index contributed by atoms with van der Waals surface area (Å²) in [5.74, 6) is 0.585. The van der Waals surface area contributed by atoms with Gasteiger partial charge in [0.2, 0.25) is 5.95 Å². The summed E-state index contributed by atoms with van der Waals surface area (Å²) in [6.45, 7) is 3.41. The largest absolute Gasteiger partial charge is 0.390 e. The summed E-state index contributed by atoms with van der Waals surface area (Å²) in [5.41, 5.74) is -0.215. The number of aromatic nitrogens is 2. The lowest BCUT2D eigenvalue weighted by molar-refractivity contribution is 0.0481. The van der Waals surface area contributed by atoms with E-state index in [-0.39, 0.29) is 0 Å². The molecule has 2 rings (SSSR count). The van der Waals surface area contributed by atoms with Crippen molar-refractivity contribution in [3.63, 3.8) is 0 Å². The van der Waals surface area contributed by atoms with Crippen LogP contribution < -0.4 is 4.90 Å². The van der Waals surface area contributed by atoms with E-state index in [2.05, 4.69) is 9.97 Å². The van der Waals surface area contributed by atoms with E-state index < -0.39 is 5.60 Å². The lowest BCUT2D eigenvalue weighted by atomic mass is 9.98. The van der Waals surface area contributed by atoms with Crippen LogP contribution in [-0.4, -0.2) is 33.8 Å². The highest BCUT2D eigenvalue weighted by molar-refractivity contribution is 5.33. The molecule has 1 aliphatic heterocycles. The van der Waals surface area contributed by atoms with Crippen molar-refractivity contribution in [3.8, 4) is 6.07 Å². The van der Waals surface area contributed by atoms with Gasteiger partial charge in [0.15, 0.2) is 0 Å². The first kappa shape index (κ1) is 11.8. The van der Waals surface area contributed by atoms with Gasteiger partial charge in [0.05, 0.1) is 5.60 Å². The van der Waals surface area contributed by atoms with Gasteiger partial charge in [0.25, 0.3) is 0 Å². The molecule has 0 spiro atoms. The van der Waals surface area contributed by atoms with Crippen LogP contribution in [0.25, 0.3) is 0 Å². The Bertz CT molecular complexity index is 438. The molecule has 0 amide bonds. The Kier molecular flexibility index (Phi) is 3.25. The molecule has 0 radical (unpaired) electrons. The van der Waals surface area contributed by atoms with Gasteiger partial charge in [-0.3, -0.25) is 0 Å². The van der Waals surface area contributed by atoms with Gasteiger partial charge < -0.3 is 10.0 Å². The summed E-state index contributed by atoms with van der Waals surface area (Å²) in [5, 5.41) is 18.8. The monoisotopic (exact) mass is 232 g/mol. The summed E-state index contributed by atoms with van der Waals surface area (Å²) in [6.07, 6.45) is 4.01. The van der Waals surface area contributed by atoms with Crippen LogP contribution >= 0.6 is 0 Å². The third kappa shape index (κ3) is 2.92. The first-order valence-corrected chi connectivity index (χ1v) is 5.81. The maximum absolute atomic E-state index is 10.0. The SMILES string of the molecule is CC1(O)CCCN(c2nccc(C#N)n2)CC1. The molecule has 0 bridgehead atoms. The van der Waals surface area contributed by atoms with E-state index >= 15 is 0 Å². The highest BCUT2D eigenvalue weighted by Gasteiger charge is 2.25. The van der Waals surface area contributed by atoms with Gasteiger partial charge in [-0.1, -0.05) is 0 Å². The second-order valence-electron chi connectivity index (χ2n) is 4.69. The quantitative estimate of drug-likeness (QED) is 0.784. The third-order valence-electron chi connectivity index (χ3n) is 3.10. The molecule has 0 aliphatic carbocycles. The first-order chi connectivity index (χ1) is 8.11. The zero-order valence-corrected chi connectivity index (χ0v) is 9.93. The zero-order chi connectivity index (χ0) is 12.3. The number of anilines is 1. The summed E-state index contributed by atoms with van der Waals surface area (Å²) < 4.78 is 0. The fourth-order valence-corrected chi connectivity index (χ4v) is 2.03. The Morgan fingerprint density at radius 3 is 3.06 bits per heavy atom. The average Bonchev–Trinajstić information content (AvgIpc) is 2.50. The zero-order valence-electron chi connectivity index (χ0n) is 9.93. The molecule has 5 heteroatoms. The van der Waals surface area contributed by atoms with Crippen molar-refractivity contribution in [2.24, 2.45) is 0 Å². The Labute approximate surface area is 101 Å². The van der Waals surface area contributed by atoms with E-state index in [1.54, 1.807) is 12.3 Å². The van der Waals surface area contributed by atoms with Crippen LogP contribution in [0.3, 0.4) is 0 Å². The topological polar surface area (TPSA) is 73.0 Å². The average molecular weight is 232 g/mol. The van der Waals surface area contributed by atoms with Crippen LogP contribution in [0.1, 0.15) is 31.9 Å². The van der Waals surface area contributed by atoms with Crippen molar-refractivity contribution in [3.05, 3.63) is 18.0 Å². The maximum Gasteiger partial charge on any atom is 0.226 e. The molecule has 0 aromatic carbocycles. The molecule has 1 N–H and O–H groups in total. The fraction of sp³-hybridized carbons (Fsp3) is 0.583. The van der Waals surface area contributed by atoms with Crippen molar-refractivity contribution >= 4 is 5.95 Å². The predicted molar refractivity (Wildman–Crippen MR) is 63.4 cm³/mol. The minimum Gasteiger partial charge on any atom is -0.390 e. The lowest BCUT2D eigenvalue weighted by Gasteiger charge is -2.22. The number of hydrogen-bond donors (Lipinski definition) is 1. The number of nitriles is 1. The van der Waals surface area contributed by atoms with Gasteiger partial charge >= 0.3 is 0 Å². The molecule has 1 aromatic rings. The third-order valence-corrected chi connectivity index (χ3v) is 3.10. The second kappa shape index (κ2) is 4.68. The number of hydrogen-bond acceptors (Lipinski definition) is 5. The Morgan fingerprint density at radius 2 is 2.29 bits per heavy atom. The molecular formula is C12H16N4O. The Balaban J connectivity index is 2.14. The van der Waals surface area contributed by atoms with Gasteiger partial charge in [0, 0.05) is 19.3 Å². The minimum atomic E-state index is -0.596. The highest BCUT2D eigenvalue weighted by Crippen LogP contribution is 2.23. The van der Waals surface area contributed by atoms with Gasteiger partial charge in [-0.15, -0.1) is 0 Å². The molecule has 5 nitrogen and oxygen atoms in total. The smallest absolute Gasteiger partial charge is 0.226 e. The summed E-state index contributed by atoms with van der Waals surface area (Å²) in [7, 11) is 0. The van der Waals surface area contributed by atoms with Crippen molar-refractivity contribution in [1.29, 1.82) is 5.26 Å². The molecule has 1 atom stereocenters. The van der Waals surface area contributed by atoms with Crippen molar-refractivity contribution in [2.75, 3.05) is 18.0 Å². The molecule has 1 saturated heterocycles. The van der Waals surface area contributed by atoms with E-state index in [1.807, 2.05) is 17.9 Å². The van der Waals surface area contributed by atoms with Gasteiger partial charge in [0.1, 0.15) is 11.8 Å². The minimum absolute atomic E-state index is 0.381. The van der Waals surface area contributed by atoms with E-state index in [4.69, 9.17) is 5.26 Å². The molecule has 1 aliphatic rings. The number of nitrogens with zero attached hydrogens (tertiary/aromatic N) is 4. The van der Waals surface area contributed by atoms with Crippen LogP contribution in [0, 0.1) is 11.3 Å². The highest BCUT2D eigenvalue weighted by atomic mass is 16.3. The van der Waals surface area contributed by atoms with Crippen LogP contribution in [-0.2, 0) is 0 Å². The summed E-state index contributed by atoms with van der Waals surface area (Å²) in [6, 6.07) is 3.61. The molecule has 1 aromatic heterocycles. The van der Waals surface area contributed by atoms with E-state index in [1.165, 1.54) is 0 Å². The number of rotatable bonds is 1. The van der Waals surface area contributed by atoms with Gasteiger partial charge in [-0.25, -0.2) is 9.97 Å². The lowest BCUT2D eigenvalue weighted by Crippen LogP contribution is -2.29. The molecular weight excluding hydrogens is 216 g/mol. The van der Waals surface area contributed by atoms with Gasteiger partial charge in [-0.2, -0.15) is 5.26 Å². The van der Waals surface area contributed by atoms with E-state index in [0.29, 0.717) is 18.1 Å². The summed E-state index contributed by atoms with van der Waals surface area (Å²) >= 11 is 0. The van der Waals surface area contributed by atoms with Crippen LogP contribution in [0.5, 0.6) is 0 Å². The fourth-order valence-electron chi connectivity index (χ4n) is 2.03. The molecule has 90 valence electrons. The van der Waals surface area contributed by atoms with E-state index in [0.717, 1.165) is 25.9 Å². The van der Waals surface area contributed by atoms with Crippen molar-refractivity contribution < 1.29 is 5.11 Å². The first-order valence-electron chi connectivity index (χ1n) is 5.81. The van der Waals surface area contributed by atoms with Crippen molar-refractivity contribution in [1.82, 2.24) is 9.97 Å². The molecule has 1 unspecified atom stereocenters. The number of aliphatic hydroxyl groups is 1. The molecule has 1 fully saturated rings. The second-order valence-corrected chi connectivity index (χ2v) is 4.69. The normalized spacial score (nSPS) is 25.1. The maximum atomic E-state index is 10.0.